The zero-order valence-corrected chi connectivity index (χ0v) is 29.7. The molecule has 0 N–H and O–H groups in total. The van der Waals surface area contributed by atoms with Gasteiger partial charge in [-0.3, -0.25) is 0 Å². The van der Waals surface area contributed by atoms with Crippen molar-refractivity contribution in [3.63, 3.8) is 0 Å². The van der Waals surface area contributed by atoms with Crippen LogP contribution in [-0.2, 0) is 9.59 Å². The monoisotopic (exact) mass is 620 g/mol. The minimum absolute atomic E-state index is 0. The molecule has 0 fully saturated rings. The van der Waals surface area contributed by atoms with Gasteiger partial charge < -0.3 is 29.7 Å². The van der Waals surface area contributed by atoms with Gasteiger partial charge in [-0.1, -0.05) is 18.2 Å². The Kier molecular flexibility index (Phi) is 20.6. The molecule has 0 saturated carbocycles. The van der Waals surface area contributed by atoms with Crippen LogP contribution in [0.2, 0.25) is 0 Å². The van der Waals surface area contributed by atoms with E-state index in [4.69, 9.17) is 0 Å². The summed E-state index contributed by atoms with van der Waals surface area (Å²) >= 11 is 0. The first-order chi connectivity index (χ1) is 7.43. The Morgan fingerprint density at radius 1 is 0.895 bits per heavy atom. The van der Waals surface area contributed by atoms with Crippen molar-refractivity contribution >= 4 is 17.9 Å². The maximum Gasteiger partial charge on any atom is 1.00 e. The van der Waals surface area contributed by atoms with Crippen molar-refractivity contribution in [2.45, 2.75) is 5.92 Å². The maximum atomic E-state index is 10.5. The normalized spacial score (nSPS) is 8.47. The van der Waals surface area contributed by atoms with E-state index >= 15 is 0 Å². The molecule has 9 heteroatoms. The van der Waals surface area contributed by atoms with E-state index in [0.29, 0.717) is 0 Å². The second-order valence-corrected chi connectivity index (χ2v) is 2.98. The van der Waals surface area contributed by atoms with Crippen molar-refractivity contribution in [1.82, 2.24) is 0 Å². The van der Waals surface area contributed by atoms with Gasteiger partial charge >= 0.3 is 207 Å². The van der Waals surface area contributed by atoms with Gasteiger partial charge in [0, 0.05) is 0 Å². The third-order valence-electron chi connectivity index (χ3n) is 1.93. The van der Waals surface area contributed by atoms with Gasteiger partial charge in [-0.05, 0) is 17.2 Å². The zero-order chi connectivity index (χ0) is 12.3. The zero-order valence-electron chi connectivity index (χ0n) is 10.8. The fraction of sp³-hybridized carbons (Fsp3) is 0.100. The van der Waals surface area contributed by atoms with E-state index in [9.17, 15) is 29.7 Å². The van der Waals surface area contributed by atoms with Crippen LogP contribution in [0.25, 0.3) is 0 Å². The number of aromatic carboxylic acids is 1. The van der Waals surface area contributed by atoms with Gasteiger partial charge in [0.05, 0.1) is 23.8 Å². The molecule has 6 nitrogen and oxygen atoms in total. The Hall–Kier alpha value is 3.79. The van der Waals surface area contributed by atoms with E-state index in [0.717, 1.165) is 18.2 Å². The average molecular weight is 620 g/mol. The van der Waals surface area contributed by atoms with Gasteiger partial charge in [0.1, 0.15) is 0 Å². The molecule has 0 heterocycles. The standard InChI is InChI=1S/C10H8O6.3Cs/c11-8(12)6-3-1-2-5(4-6)7(9(13)14)10(15)16;;;/h1-4,7H,(H,11,12)(H,13,14)(H,15,16);;;/q;3*+1/p-3. The minimum Gasteiger partial charge on any atom is -0.549 e. The number of benzene rings is 1. The van der Waals surface area contributed by atoms with Crippen LogP contribution in [0.5, 0.6) is 0 Å². The van der Waals surface area contributed by atoms with E-state index in [1.807, 2.05) is 0 Å². The second kappa shape index (κ2) is 14.2. The molecule has 1 aromatic rings. The number of carbonyl (C=O) groups is 3. The van der Waals surface area contributed by atoms with E-state index in [2.05, 4.69) is 0 Å². The topological polar surface area (TPSA) is 120 Å². The Balaban J connectivity index is -0.000000853. The molecule has 0 radical (unpaired) electrons. The Labute approximate surface area is 286 Å². The summed E-state index contributed by atoms with van der Waals surface area (Å²) in [6, 6.07) is 4.41. The molecule has 0 aliphatic rings. The minimum atomic E-state index is -2.00. The number of carbonyl (C=O) groups excluding carboxylic acids is 3. The van der Waals surface area contributed by atoms with Crippen LogP contribution in [0.4, 0.5) is 0 Å². The van der Waals surface area contributed by atoms with Crippen molar-refractivity contribution < 1.29 is 236 Å². The first-order valence-corrected chi connectivity index (χ1v) is 4.16. The number of carboxylic acids is 3. The number of rotatable bonds is 4. The first-order valence-electron chi connectivity index (χ1n) is 4.16. The smallest absolute Gasteiger partial charge is 0.549 e. The Morgan fingerprint density at radius 3 is 1.74 bits per heavy atom. The molecule has 0 unspecified atom stereocenters. The van der Waals surface area contributed by atoms with Crippen LogP contribution in [0.15, 0.2) is 24.3 Å². The summed E-state index contributed by atoms with van der Waals surface area (Å²) in [5.74, 6) is -7.26. The predicted molar refractivity (Wildman–Crippen MR) is 43.5 cm³/mol. The molecule has 0 aliphatic heterocycles. The van der Waals surface area contributed by atoms with Crippen LogP contribution in [0.3, 0.4) is 0 Å². The molecule has 0 atom stereocenters. The molecular weight excluding hydrogens is 615 g/mol. The van der Waals surface area contributed by atoms with E-state index in [1.54, 1.807) is 0 Å². The average Bonchev–Trinajstić information content (AvgIpc) is 2.16. The van der Waals surface area contributed by atoms with Crippen LogP contribution in [0.1, 0.15) is 21.8 Å². The summed E-state index contributed by atoms with van der Waals surface area (Å²) < 4.78 is 0. The van der Waals surface area contributed by atoms with E-state index in [1.165, 1.54) is 6.07 Å². The molecule has 0 saturated heterocycles. The van der Waals surface area contributed by atoms with Crippen molar-refractivity contribution in [2.24, 2.45) is 0 Å². The van der Waals surface area contributed by atoms with Gasteiger partial charge in [0.2, 0.25) is 0 Å². The van der Waals surface area contributed by atoms with Crippen molar-refractivity contribution in [3.8, 4) is 0 Å². The Morgan fingerprint density at radius 2 is 1.37 bits per heavy atom. The maximum absolute atomic E-state index is 10.5. The van der Waals surface area contributed by atoms with Crippen molar-refractivity contribution in [1.29, 1.82) is 0 Å². The number of aliphatic carboxylic acids is 2. The summed E-state index contributed by atoms with van der Waals surface area (Å²) in [5.41, 5.74) is -0.549. The van der Waals surface area contributed by atoms with Crippen molar-refractivity contribution in [2.75, 3.05) is 0 Å². The van der Waals surface area contributed by atoms with Gasteiger partial charge in [-0.15, -0.1) is 0 Å². The summed E-state index contributed by atoms with van der Waals surface area (Å²) in [7, 11) is 0. The van der Waals surface area contributed by atoms with Gasteiger partial charge in [0.25, 0.3) is 0 Å². The number of hydrogen-bond acceptors (Lipinski definition) is 6. The third kappa shape index (κ3) is 9.61. The SMILES string of the molecule is O=C([O-])c1cccc(C(C(=O)[O-])C(=O)[O-])c1.[Cs+].[Cs+].[Cs+]. The molecule has 0 bridgehead atoms. The van der Waals surface area contributed by atoms with Crippen molar-refractivity contribution in [3.05, 3.63) is 35.4 Å². The van der Waals surface area contributed by atoms with Crippen LogP contribution in [0, 0.1) is 0 Å². The van der Waals surface area contributed by atoms with Crippen LogP contribution >= 0.6 is 0 Å². The summed E-state index contributed by atoms with van der Waals surface area (Å²) in [6.45, 7) is 0. The van der Waals surface area contributed by atoms with Crippen LogP contribution < -0.4 is 222 Å². The fourth-order valence-corrected chi connectivity index (χ4v) is 1.21. The summed E-state index contributed by atoms with van der Waals surface area (Å²) in [6.07, 6.45) is 0. The number of carboxylic acid groups (broad SMARTS) is 3. The molecular formula is C10H5Cs3O6. The molecule has 0 amide bonds. The first kappa shape index (κ1) is 27.6. The molecule has 1 aromatic carbocycles. The predicted octanol–water partition coefficient (Wildman–Crippen LogP) is -12.4. The molecule has 1 rings (SSSR count). The van der Waals surface area contributed by atoms with E-state index < -0.39 is 23.8 Å². The molecule has 19 heavy (non-hydrogen) atoms. The largest absolute Gasteiger partial charge is 1.00 e. The van der Waals surface area contributed by atoms with Gasteiger partial charge in [0.15, 0.2) is 0 Å². The third-order valence-corrected chi connectivity index (χ3v) is 1.93. The molecule has 0 aromatic heterocycles. The summed E-state index contributed by atoms with van der Waals surface area (Å²) in [4.78, 5) is 31.5. The molecule has 84 valence electrons. The summed E-state index contributed by atoms with van der Waals surface area (Å²) in [5, 5.41) is 31.5. The van der Waals surface area contributed by atoms with Crippen LogP contribution in [-0.4, -0.2) is 17.9 Å². The number of hydrogen-bond donors (Lipinski definition) is 0. The van der Waals surface area contributed by atoms with Gasteiger partial charge in [-0.25, -0.2) is 0 Å². The van der Waals surface area contributed by atoms with E-state index in [-0.39, 0.29) is 218 Å². The Bertz CT molecular complexity index is 448. The quantitative estimate of drug-likeness (QED) is 0.309. The second-order valence-electron chi connectivity index (χ2n) is 2.98. The fourth-order valence-electron chi connectivity index (χ4n) is 1.21. The van der Waals surface area contributed by atoms with Gasteiger partial charge in [-0.2, -0.15) is 0 Å². The molecule has 0 spiro atoms. The molecule has 0 aliphatic carbocycles.